The summed E-state index contributed by atoms with van der Waals surface area (Å²) >= 11 is 0. The fourth-order valence-electron chi connectivity index (χ4n) is 1.76. The second kappa shape index (κ2) is 4.60. The highest BCUT2D eigenvalue weighted by molar-refractivity contribution is 5.94. The van der Waals surface area contributed by atoms with Gasteiger partial charge in [-0.2, -0.15) is 0 Å². The van der Waals surface area contributed by atoms with Crippen LogP contribution in [0.2, 0.25) is 0 Å². The highest BCUT2D eigenvalue weighted by atomic mass is 16.5. The number of fused-ring (bicyclic) bond motifs is 1. The molecule has 0 bridgehead atoms. The van der Waals surface area contributed by atoms with Crippen molar-refractivity contribution in [3.8, 4) is 0 Å². The second-order valence-corrected chi connectivity index (χ2v) is 4.02. The first-order valence-corrected chi connectivity index (χ1v) is 5.70. The van der Waals surface area contributed by atoms with E-state index in [1.165, 1.54) is 6.92 Å². The lowest BCUT2D eigenvalue weighted by Crippen LogP contribution is -2.06. The number of aryl methyl sites for hydroxylation is 1. The number of hydrogen-bond donors (Lipinski definition) is 0. The molecule has 0 aliphatic heterocycles. The third-order valence-electron chi connectivity index (χ3n) is 2.63. The Labute approximate surface area is 104 Å². The van der Waals surface area contributed by atoms with E-state index in [2.05, 4.69) is 4.98 Å². The van der Waals surface area contributed by atoms with Crippen LogP contribution in [0.25, 0.3) is 5.65 Å². The molecule has 94 valence electrons. The molecule has 0 saturated heterocycles. The minimum atomic E-state index is -0.379. The van der Waals surface area contributed by atoms with Crippen LogP contribution < -0.4 is 0 Å². The quantitative estimate of drug-likeness (QED) is 0.614. The van der Waals surface area contributed by atoms with Crippen molar-refractivity contribution in [1.29, 1.82) is 0 Å². The smallest absolute Gasteiger partial charge is 0.338 e. The van der Waals surface area contributed by atoms with Gasteiger partial charge in [-0.25, -0.2) is 9.78 Å². The molecular weight excluding hydrogens is 232 g/mol. The van der Waals surface area contributed by atoms with Crippen LogP contribution in [0.5, 0.6) is 0 Å². The standard InChI is InChI=1S/C13H14N2O3/c1-4-18-13(17)10-5-8(2)15-7-11(9(3)16)14-12(15)6-10/h5-7H,4H2,1-3H3. The van der Waals surface area contributed by atoms with E-state index in [1.807, 2.05) is 6.92 Å². The van der Waals surface area contributed by atoms with Crippen LogP contribution >= 0.6 is 0 Å². The Hall–Kier alpha value is -2.17. The maximum absolute atomic E-state index is 11.7. The number of ether oxygens (including phenoxy) is 1. The van der Waals surface area contributed by atoms with Crippen LogP contribution in [0.1, 0.15) is 40.4 Å². The summed E-state index contributed by atoms with van der Waals surface area (Å²) in [5.41, 5.74) is 2.24. The minimum absolute atomic E-state index is 0.101. The lowest BCUT2D eigenvalue weighted by atomic mass is 10.2. The number of imidazole rings is 1. The third kappa shape index (κ3) is 2.11. The zero-order valence-electron chi connectivity index (χ0n) is 10.6. The summed E-state index contributed by atoms with van der Waals surface area (Å²) in [6.45, 7) is 5.40. The lowest BCUT2D eigenvalue weighted by molar-refractivity contribution is 0.0526. The summed E-state index contributed by atoms with van der Waals surface area (Å²) in [4.78, 5) is 27.1. The van der Waals surface area contributed by atoms with Gasteiger partial charge in [0.05, 0.1) is 12.2 Å². The first-order chi connectivity index (χ1) is 8.52. The molecule has 0 radical (unpaired) electrons. The molecule has 0 atom stereocenters. The normalized spacial score (nSPS) is 10.6. The van der Waals surface area contributed by atoms with Gasteiger partial charge in [-0.05, 0) is 26.0 Å². The van der Waals surface area contributed by atoms with E-state index in [9.17, 15) is 9.59 Å². The van der Waals surface area contributed by atoms with E-state index in [1.54, 1.807) is 29.7 Å². The molecule has 0 spiro atoms. The highest BCUT2D eigenvalue weighted by Crippen LogP contribution is 2.13. The lowest BCUT2D eigenvalue weighted by Gasteiger charge is -2.04. The molecule has 2 aromatic rings. The number of hydrogen-bond acceptors (Lipinski definition) is 4. The molecule has 0 aliphatic carbocycles. The summed E-state index contributed by atoms with van der Waals surface area (Å²) in [6.07, 6.45) is 1.67. The number of rotatable bonds is 3. The van der Waals surface area contributed by atoms with Crippen molar-refractivity contribution < 1.29 is 14.3 Å². The topological polar surface area (TPSA) is 60.7 Å². The van der Waals surface area contributed by atoms with E-state index in [0.717, 1.165) is 5.69 Å². The zero-order valence-corrected chi connectivity index (χ0v) is 10.6. The molecule has 2 heterocycles. The average Bonchev–Trinajstić information content (AvgIpc) is 2.73. The highest BCUT2D eigenvalue weighted by Gasteiger charge is 2.12. The van der Waals surface area contributed by atoms with E-state index >= 15 is 0 Å². The SMILES string of the molecule is CCOC(=O)c1cc(C)n2cc(C(C)=O)nc2c1. The molecule has 2 aromatic heterocycles. The molecule has 0 amide bonds. The molecule has 0 unspecified atom stereocenters. The van der Waals surface area contributed by atoms with Crippen LogP contribution in [0.3, 0.4) is 0 Å². The molecule has 2 rings (SSSR count). The van der Waals surface area contributed by atoms with Crippen LogP contribution in [0.4, 0.5) is 0 Å². The molecule has 0 fully saturated rings. The Morgan fingerprint density at radius 3 is 2.72 bits per heavy atom. The number of nitrogens with zero attached hydrogens (tertiary/aromatic N) is 2. The number of Topliss-reactive ketones (excluding diaryl/α,β-unsaturated/α-hetero) is 1. The maximum Gasteiger partial charge on any atom is 0.338 e. The van der Waals surface area contributed by atoms with Crippen molar-refractivity contribution >= 4 is 17.4 Å². The van der Waals surface area contributed by atoms with E-state index in [4.69, 9.17) is 4.74 Å². The van der Waals surface area contributed by atoms with Gasteiger partial charge in [0, 0.05) is 18.8 Å². The van der Waals surface area contributed by atoms with Gasteiger partial charge in [0.2, 0.25) is 0 Å². The molecule has 18 heavy (non-hydrogen) atoms. The van der Waals surface area contributed by atoms with E-state index < -0.39 is 0 Å². The molecule has 0 saturated carbocycles. The summed E-state index contributed by atoms with van der Waals surface area (Å²) < 4.78 is 6.72. The molecule has 0 aromatic carbocycles. The number of ketones is 1. The van der Waals surface area contributed by atoms with E-state index in [0.29, 0.717) is 23.5 Å². The predicted octanol–water partition coefficient (Wildman–Crippen LogP) is 2.02. The monoisotopic (exact) mass is 246 g/mol. The van der Waals surface area contributed by atoms with Gasteiger partial charge >= 0.3 is 5.97 Å². The Morgan fingerprint density at radius 2 is 2.11 bits per heavy atom. The number of carbonyl (C=O) groups is 2. The Morgan fingerprint density at radius 1 is 1.39 bits per heavy atom. The fraction of sp³-hybridized carbons (Fsp3) is 0.308. The van der Waals surface area contributed by atoms with Crippen LogP contribution in [-0.2, 0) is 4.74 Å². The zero-order chi connectivity index (χ0) is 13.3. The van der Waals surface area contributed by atoms with Crippen LogP contribution in [0, 0.1) is 6.92 Å². The molecule has 0 aliphatic rings. The van der Waals surface area contributed by atoms with Crippen molar-refractivity contribution in [2.24, 2.45) is 0 Å². The van der Waals surface area contributed by atoms with Crippen molar-refractivity contribution in [2.45, 2.75) is 20.8 Å². The summed E-state index contributed by atoms with van der Waals surface area (Å²) in [5, 5.41) is 0. The largest absolute Gasteiger partial charge is 0.462 e. The number of esters is 1. The van der Waals surface area contributed by atoms with E-state index in [-0.39, 0.29) is 11.8 Å². The van der Waals surface area contributed by atoms with Crippen molar-refractivity contribution in [3.05, 3.63) is 35.3 Å². The first-order valence-electron chi connectivity index (χ1n) is 5.70. The summed E-state index contributed by atoms with van der Waals surface area (Å²) in [5.74, 6) is -0.480. The number of carbonyl (C=O) groups excluding carboxylic acids is 2. The third-order valence-corrected chi connectivity index (χ3v) is 2.63. The van der Waals surface area contributed by atoms with Gasteiger partial charge in [0.15, 0.2) is 5.78 Å². The van der Waals surface area contributed by atoms with Crippen molar-refractivity contribution in [2.75, 3.05) is 6.61 Å². The summed E-state index contributed by atoms with van der Waals surface area (Å²) in [7, 11) is 0. The van der Waals surface area contributed by atoms with Gasteiger partial charge < -0.3 is 9.14 Å². The van der Waals surface area contributed by atoms with Crippen molar-refractivity contribution in [1.82, 2.24) is 9.38 Å². The van der Waals surface area contributed by atoms with Gasteiger partial charge in [-0.15, -0.1) is 0 Å². The Bertz CT molecular complexity index is 628. The molecule has 0 N–H and O–H groups in total. The molecule has 5 heteroatoms. The van der Waals surface area contributed by atoms with Crippen LogP contribution in [0.15, 0.2) is 18.3 Å². The number of aromatic nitrogens is 2. The molecular formula is C13H14N2O3. The van der Waals surface area contributed by atoms with Gasteiger partial charge in [-0.3, -0.25) is 4.79 Å². The van der Waals surface area contributed by atoms with Crippen molar-refractivity contribution in [3.63, 3.8) is 0 Å². The molecule has 5 nitrogen and oxygen atoms in total. The first kappa shape index (κ1) is 12.3. The summed E-state index contributed by atoms with van der Waals surface area (Å²) in [6, 6.07) is 3.34. The Balaban J connectivity index is 2.54. The average molecular weight is 246 g/mol. The minimum Gasteiger partial charge on any atom is -0.462 e. The van der Waals surface area contributed by atoms with Gasteiger partial charge in [0.1, 0.15) is 11.3 Å². The number of pyridine rings is 1. The van der Waals surface area contributed by atoms with Crippen LogP contribution in [-0.4, -0.2) is 27.7 Å². The predicted molar refractivity (Wildman–Crippen MR) is 65.9 cm³/mol. The van der Waals surface area contributed by atoms with Gasteiger partial charge in [0.25, 0.3) is 0 Å². The van der Waals surface area contributed by atoms with Gasteiger partial charge in [-0.1, -0.05) is 0 Å². The maximum atomic E-state index is 11.7. The fourth-order valence-corrected chi connectivity index (χ4v) is 1.76. The second-order valence-electron chi connectivity index (χ2n) is 4.02. The Kier molecular flexibility index (Phi) is 3.14.